The smallest absolute Gasteiger partial charge is 0.225 e. The van der Waals surface area contributed by atoms with Gasteiger partial charge in [0.25, 0.3) is 0 Å². The molecule has 1 amide bonds. The number of hydrogen-bond acceptors (Lipinski definition) is 4. The number of aromatic nitrogens is 1. The molecule has 1 heterocycles. The van der Waals surface area contributed by atoms with Gasteiger partial charge in [0.2, 0.25) is 5.91 Å². The van der Waals surface area contributed by atoms with Crippen molar-refractivity contribution >= 4 is 29.0 Å². The van der Waals surface area contributed by atoms with Crippen molar-refractivity contribution in [3.05, 3.63) is 94.8 Å². The monoisotopic (exact) mass is 392 g/mol. The summed E-state index contributed by atoms with van der Waals surface area (Å²) in [4.78, 5) is 16.3. The molecule has 0 saturated carbocycles. The van der Waals surface area contributed by atoms with Gasteiger partial charge < -0.3 is 10.6 Å². The molecular formula is C22H21ClN4O. The van der Waals surface area contributed by atoms with Crippen molar-refractivity contribution in [2.45, 2.75) is 19.4 Å². The summed E-state index contributed by atoms with van der Waals surface area (Å²) in [5.74, 6) is -0.114. The number of anilines is 1. The molecule has 0 aliphatic rings. The molecule has 0 saturated heterocycles. The van der Waals surface area contributed by atoms with Gasteiger partial charge in [-0.2, -0.15) is 0 Å². The van der Waals surface area contributed by atoms with Gasteiger partial charge in [-0.25, -0.2) is 0 Å². The number of halogens is 1. The number of nitrogens with one attached hydrogen (secondary N) is 3. The van der Waals surface area contributed by atoms with E-state index in [9.17, 15) is 4.79 Å². The van der Waals surface area contributed by atoms with E-state index in [1.54, 1.807) is 12.4 Å². The topological polar surface area (TPSA) is 77.9 Å². The highest BCUT2D eigenvalue weighted by Crippen LogP contribution is 2.17. The van der Waals surface area contributed by atoms with E-state index in [2.05, 4.69) is 15.6 Å². The van der Waals surface area contributed by atoms with E-state index < -0.39 is 0 Å². The lowest BCUT2D eigenvalue weighted by Crippen LogP contribution is -2.31. The van der Waals surface area contributed by atoms with Crippen molar-refractivity contribution in [2.75, 3.05) is 5.32 Å². The van der Waals surface area contributed by atoms with Crippen molar-refractivity contribution in [3.8, 4) is 0 Å². The summed E-state index contributed by atoms with van der Waals surface area (Å²) in [6, 6.07) is 18.8. The van der Waals surface area contributed by atoms with Crippen molar-refractivity contribution < 1.29 is 4.79 Å². The summed E-state index contributed by atoms with van der Waals surface area (Å²) in [5.41, 5.74) is 3.50. The first kappa shape index (κ1) is 19.6. The number of amidine groups is 1. The van der Waals surface area contributed by atoms with Crippen molar-refractivity contribution in [3.63, 3.8) is 0 Å². The molecule has 0 fully saturated rings. The molecule has 0 spiro atoms. The van der Waals surface area contributed by atoms with Gasteiger partial charge in [-0.3, -0.25) is 15.2 Å². The van der Waals surface area contributed by atoms with E-state index in [1.807, 2.05) is 60.7 Å². The maximum absolute atomic E-state index is 12.2. The molecule has 28 heavy (non-hydrogen) atoms. The second kappa shape index (κ2) is 9.67. The highest BCUT2D eigenvalue weighted by Gasteiger charge is 2.11. The number of para-hydroxylation sites is 1. The first-order valence-electron chi connectivity index (χ1n) is 8.97. The van der Waals surface area contributed by atoms with E-state index in [1.165, 1.54) is 0 Å². The zero-order valence-corrected chi connectivity index (χ0v) is 16.0. The van der Waals surface area contributed by atoms with Crippen LogP contribution >= 0.6 is 11.6 Å². The van der Waals surface area contributed by atoms with Gasteiger partial charge in [0.05, 0.1) is 0 Å². The van der Waals surface area contributed by atoms with Crippen LogP contribution in [-0.4, -0.2) is 16.7 Å². The number of amides is 1. The van der Waals surface area contributed by atoms with Crippen LogP contribution in [0.4, 0.5) is 5.69 Å². The van der Waals surface area contributed by atoms with Crippen LogP contribution in [0.5, 0.6) is 0 Å². The highest BCUT2D eigenvalue weighted by atomic mass is 35.5. The Bertz CT molecular complexity index is 942. The summed E-state index contributed by atoms with van der Waals surface area (Å²) in [6.07, 6.45) is 4.33. The number of pyridine rings is 1. The van der Waals surface area contributed by atoms with Crippen LogP contribution in [-0.2, 0) is 17.8 Å². The summed E-state index contributed by atoms with van der Waals surface area (Å²) in [7, 11) is 0. The molecule has 5 nitrogen and oxygen atoms in total. The fourth-order valence-electron chi connectivity index (χ4n) is 2.73. The molecule has 6 heteroatoms. The van der Waals surface area contributed by atoms with E-state index in [0.29, 0.717) is 30.0 Å². The van der Waals surface area contributed by atoms with Crippen LogP contribution in [0.15, 0.2) is 73.1 Å². The third-order valence-corrected chi connectivity index (χ3v) is 4.47. The number of aryl methyl sites for hydroxylation is 1. The Morgan fingerprint density at radius 3 is 2.54 bits per heavy atom. The van der Waals surface area contributed by atoms with Crippen LogP contribution in [0.25, 0.3) is 0 Å². The standard InChI is InChI=1S/C22H21ClN4O/c23-18-10-7-17(8-11-18)15-26-20-6-2-1-5-19(20)22(24)27-21(28)12-9-16-4-3-13-25-14-16/h1-8,10-11,13-14,26H,9,12,15H2,(H2,24,27,28). The van der Waals surface area contributed by atoms with Gasteiger partial charge in [-0.1, -0.05) is 41.9 Å². The molecule has 2 aromatic carbocycles. The Balaban J connectivity index is 1.58. The fourth-order valence-corrected chi connectivity index (χ4v) is 2.85. The summed E-state index contributed by atoms with van der Waals surface area (Å²) >= 11 is 5.92. The average Bonchev–Trinajstić information content (AvgIpc) is 2.73. The van der Waals surface area contributed by atoms with Crippen LogP contribution in [0.3, 0.4) is 0 Å². The molecule has 3 rings (SSSR count). The minimum absolute atomic E-state index is 0.0791. The molecule has 0 unspecified atom stereocenters. The maximum atomic E-state index is 12.2. The lowest BCUT2D eigenvalue weighted by Gasteiger charge is -2.14. The van der Waals surface area contributed by atoms with Crippen molar-refractivity contribution in [1.82, 2.24) is 10.3 Å². The second-order valence-corrected chi connectivity index (χ2v) is 6.75. The lowest BCUT2D eigenvalue weighted by atomic mass is 10.1. The highest BCUT2D eigenvalue weighted by molar-refractivity contribution is 6.30. The molecule has 0 aliphatic heterocycles. The van der Waals surface area contributed by atoms with Crippen LogP contribution < -0.4 is 10.6 Å². The molecule has 0 radical (unpaired) electrons. The fraction of sp³-hybridized carbons (Fsp3) is 0.136. The largest absolute Gasteiger partial charge is 0.380 e. The molecule has 142 valence electrons. The zero-order chi connectivity index (χ0) is 19.8. The van der Waals surface area contributed by atoms with Gasteiger partial charge in [0, 0.05) is 41.6 Å². The summed E-state index contributed by atoms with van der Waals surface area (Å²) in [5, 5.41) is 15.0. The van der Waals surface area contributed by atoms with E-state index in [0.717, 1.165) is 16.8 Å². The lowest BCUT2D eigenvalue weighted by molar-refractivity contribution is -0.119. The van der Waals surface area contributed by atoms with Crippen molar-refractivity contribution in [2.24, 2.45) is 0 Å². The van der Waals surface area contributed by atoms with Gasteiger partial charge in [0.15, 0.2) is 0 Å². The zero-order valence-electron chi connectivity index (χ0n) is 15.3. The third-order valence-electron chi connectivity index (χ3n) is 4.22. The van der Waals surface area contributed by atoms with Crippen LogP contribution in [0.1, 0.15) is 23.1 Å². The summed E-state index contributed by atoms with van der Waals surface area (Å²) < 4.78 is 0. The van der Waals surface area contributed by atoms with Gasteiger partial charge in [-0.05, 0) is 47.9 Å². The molecule has 0 atom stereocenters. The predicted octanol–water partition coefficient (Wildman–Crippen LogP) is 4.42. The number of rotatable bonds is 7. The molecule has 0 bridgehead atoms. The maximum Gasteiger partial charge on any atom is 0.225 e. The number of hydrogen-bond donors (Lipinski definition) is 3. The number of nitrogens with zero attached hydrogens (tertiary/aromatic N) is 1. The summed E-state index contributed by atoms with van der Waals surface area (Å²) in [6.45, 7) is 0.594. The Morgan fingerprint density at radius 1 is 1.00 bits per heavy atom. The van der Waals surface area contributed by atoms with Crippen LogP contribution in [0, 0.1) is 5.41 Å². The Hall–Kier alpha value is -3.18. The predicted molar refractivity (Wildman–Crippen MR) is 113 cm³/mol. The minimum atomic E-state index is -0.193. The Labute approximate surface area is 169 Å². The first-order valence-corrected chi connectivity index (χ1v) is 9.34. The quantitative estimate of drug-likeness (QED) is 0.411. The Morgan fingerprint density at radius 2 is 1.79 bits per heavy atom. The van der Waals surface area contributed by atoms with Crippen LogP contribution in [0.2, 0.25) is 5.02 Å². The normalized spacial score (nSPS) is 10.3. The molecule has 1 aromatic heterocycles. The third kappa shape index (κ3) is 5.66. The van der Waals surface area contributed by atoms with Gasteiger partial charge >= 0.3 is 0 Å². The van der Waals surface area contributed by atoms with Gasteiger partial charge in [-0.15, -0.1) is 0 Å². The minimum Gasteiger partial charge on any atom is -0.380 e. The average molecular weight is 393 g/mol. The first-order chi connectivity index (χ1) is 13.6. The van der Waals surface area contributed by atoms with E-state index >= 15 is 0 Å². The SMILES string of the molecule is N=C(NC(=O)CCc1cccnc1)c1ccccc1NCc1ccc(Cl)cc1. The Kier molecular flexibility index (Phi) is 6.76. The molecule has 3 N–H and O–H groups in total. The molecule has 3 aromatic rings. The molecule has 0 aliphatic carbocycles. The number of carbonyl (C=O) groups excluding carboxylic acids is 1. The van der Waals surface area contributed by atoms with Crippen molar-refractivity contribution in [1.29, 1.82) is 5.41 Å². The second-order valence-electron chi connectivity index (χ2n) is 6.31. The van der Waals surface area contributed by atoms with E-state index in [4.69, 9.17) is 17.0 Å². The van der Waals surface area contributed by atoms with E-state index in [-0.39, 0.29) is 11.7 Å². The number of carbonyl (C=O) groups is 1. The van der Waals surface area contributed by atoms with Gasteiger partial charge in [0.1, 0.15) is 5.84 Å². The number of benzene rings is 2. The molecular weight excluding hydrogens is 372 g/mol.